The van der Waals surface area contributed by atoms with Crippen molar-refractivity contribution in [3.05, 3.63) is 35.0 Å². The van der Waals surface area contributed by atoms with E-state index in [0.717, 1.165) is 5.75 Å². The Labute approximate surface area is 91.6 Å². The summed E-state index contributed by atoms with van der Waals surface area (Å²) < 4.78 is 4.97. The molecule has 0 spiro atoms. The lowest BCUT2D eigenvalue weighted by molar-refractivity contribution is 0.407. The van der Waals surface area contributed by atoms with Crippen LogP contribution in [0.4, 0.5) is 11.9 Å². The Bertz CT molecular complexity index is 581. The normalized spacial score (nSPS) is 10.1. The van der Waals surface area contributed by atoms with Gasteiger partial charge in [-0.1, -0.05) is 12.1 Å². The van der Waals surface area contributed by atoms with Gasteiger partial charge in [0, 0.05) is 5.22 Å². The molecule has 2 aliphatic carbocycles. The van der Waals surface area contributed by atoms with Crippen LogP contribution in [0.1, 0.15) is 0 Å². The Balaban J connectivity index is 0.000000120. The molecule has 0 bridgehead atoms. The van der Waals surface area contributed by atoms with Gasteiger partial charge in [0.05, 0.1) is 7.11 Å². The zero-order chi connectivity index (χ0) is 11.5. The molecule has 6 heteroatoms. The van der Waals surface area contributed by atoms with Crippen LogP contribution in [0.15, 0.2) is 24.5 Å². The van der Waals surface area contributed by atoms with Crippen LogP contribution >= 0.6 is 0 Å². The smallest absolute Gasteiger partial charge is 0.224 e. The van der Waals surface area contributed by atoms with Gasteiger partial charge in [0.1, 0.15) is 12.1 Å². The molecule has 2 aliphatic rings. The van der Waals surface area contributed by atoms with Gasteiger partial charge in [0.2, 0.25) is 11.9 Å². The summed E-state index contributed by atoms with van der Waals surface area (Å²) in [4.78, 5) is 10.5. The van der Waals surface area contributed by atoms with Crippen LogP contribution in [-0.2, 0) is 0 Å². The number of ether oxygens (including phenoxy) is 1. The molecule has 1 aromatic rings. The predicted molar refractivity (Wildman–Crippen MR) is 59.3 cm³/mol. The van der Waals surface area contributed by atoms with Crippen LogP contribution in [0.3, 0.4) is 0 Å². The van der Waals surface area contributed by atoms with E-state index in [-0.39, 0.29) is 11.9 Å². The molecule has 0 fully saturated rings. The second-order valence-electron chi connectivity index (χ2n) is 3.12. The number of benzene rings is 1. The molecule has 0 saturated heterocycles. The van der Waals surface area contributed by atoms with E-state index in [1.807, 2.05) is 6.07 Å². The third kappa shape index (κ3) is 1.85. The van der Waals surface area contributed by atoms with Crippen molar-refractivity contribution in [3.63, 3.8) is 0 Å². The summed E-state index contributed by atoms with van der Waals surface area (Å²) in [6.07, 6.45) is 1.26. The van der Waals surface area contributed by atoms with Gasteiger partial charge in [-0.2, -0.15) is 4.98 Å². The molecule has 6 nitrogen and oxygen atoms in total. The second kappa shape index (κ2) is 4.01. The third-order valence-electron chi connectivity index (χ3n) is 2.12. The molecule has 0 atom stereocenters. The van der Waals surface area contributed by atoms with E-state index in [2.05, 4.69) is 27.1 Å². The SMILES string of the molecule is COc1cc2ccc1=2.Nc1ncnc(N)n1. The Kier molecular flexibility index (Phi) is 2.55. The van der Waals surface area contributed by atoms with E-state index in [9.17, 15) is 0 Å². The maximum Gasteiger partial charge on any atom is 0.224 e. The standard InChI is InChI=1S/C7H6O.C3H5N5/c1-8-7-4-5-2-3-6(5)7;4-2-6-1-7-3(5)8-2/h2-4H,1H3;1H,(H4,4,5,6,7,8). The summed E-state index contributed by atoms with van der Waals surface area (Å²) in [5, 5.41) is 2.62. The molecule has 0 radical (unpaired) electrons. The van der Waals surface area contributed by atoms with E-state index in [4.69, 9.17) is 16.2 Å². The van der Waals surface area contributed by atoms with Crippen molar-refractivity contribution < 1.29 is 4.74 Å². The van der Waals surface area contributed by atoms with Gasteiger partial charge in [-0.25, -0.2) is 9.97 Å². The van der Waals surface area contributed by atoms with Crippen molar-refractivity contribution in [2.45, 2.75) is 0 Å². The van der Waals surface area contributed by atoms with Crippen LogP contribution in [-0.4, -0.2) is 22.1 Å². The Morgan fingerprint density at radius 2 is 1.81 bits per heavy atom. The Morgan fingerprint density at radius 3 is 2.00 bits per heavy atom. The maximum atomic E-state index is 5.12. The number of nitrogen functional groups attached to an aromatic ring is 2. The molecule has 0 aliphatic heterocycles. The van der Waals surface area contributed by atoms with Crippen LogP contribution in [0.2, 0.25) is 0 Å². The molecule has 0 unspecified atom stereocenters. The summed E-state index contributed by atoms with van der Waals surface area (Å²) in [5.41, 5.74) is 10.2. The molecule has 82 valence electrons. The number of nitrogens with zero attached hydrogens (tertiary/aromatic N) is 3. The van der Waals surface area contributed by atoms with Gasteiger partial charge in [0.25, 0.3) is 0 Å². The van der Waals surface area contributed by atoms with Crippen molar-refractivity contribution in [2.75, 3.05) is 18.6 Å². The summed E-state index contributed by atoms with van der Waals surface area (Å²) in [6, 6.07) is 6.18. The average Bonchev–Trinajstić information content (AvgIpc) is 2.22. The minimum atomic E-state index is 0.150. The van der Waals surface area contributed by atoms with E-state index < -0.39 is 0 Å². The van der Waals surface area contributed by atoms with Gasteiger partial charge in [-0.05, 0) is 11.3 Å². The average molecular weight is 217 g/mol. The fraction of sp³-hybridized carbons (Fsp3) is 0.100. The third-order valence-corrected chi connectivity index (χ3v) is 2.12. The Morgan fingerprint density at radius 1 is 1.12 bits per heavy atom. The zero-order valence-corrected chi connectivity index (χ0v) is 8.71. The highest BCUT2D eigenvalue weighted by molar-refractivity contribution is 5.38. The van der Waals surface area contributed by atoms with E-state index >= 15 is 0 Å². The first-order valence-corrected chi connectivity index (χ1v) is 4.59. The van der Waals surface area contributed by atoms with Gasteiger partial charge < -0.3 is 16.2 Å². The van der Waals surface area contributed by atoms with Crippen molar-refractivity contribution >= 4 is 11.9 Å². The highest BCUT2D eigenvalue weighted by atomic mass is 16.5. The molecule has 0 saturated carbocycles. The van der Waals surface area contributed by atoms with E-state index in [0.29, 0.717) is 0 Å². The number of methoxy groups -OCH3 is 1. The molecule has 3 rings (SSSR count). The highest BCUT2D eigenvalue weighted by Crippen LogP contribution is 2.22. The first kappa shape index (κ1) is 10.2. The number of rotatable bonds is 1. The summed E-state index contributed by atoms with van der Waals surface area (Å²) >= 11 is 0. The number of hydrogen-bond acceptors (Lipinski definition) is 6. The van der Waals surface area contributed by atoms with Gasteiger partial charge >= 0.3 is 0 Å². The lowest BCUT2D eigenvalue weighted by atomic mass is 10.1. The molecule has 0 amide bonds. The molecule has 16 heavy (non-hydrogen) atoms. The van der Waals surface area contributed by atoms with Gasteiger partial charge in [-0.15, -0.1) is 0 Å². The highest BCUT2D eigenvalue weighted by Gasteiger charge is 2.03. The first-order valence-electron chi connectivity index (χ1n) is 4.59. The van der Waals surface area contributed by atoms with Crippen LogP contribution in [0, 0.1) is 10.4 Å². The quantitative estimate of drug-likeness (QED) is 0.609. The van der Waals surface area contributed by atoms with Crippen molar-refractivity contribution in [3.8, 4) is 5.75 Å². The number of hydrogen-bond donors (Lipinski definition) is 2. The van der Waals surface area contributed by atoms with E-state index in [1.54, 1.807) is 7.11 Å². The van der Waals surface area contributed by atoms with Crippen molar-refractivity contribution in [2.24, 2.45) is 0 Å². The Hall–Kier alpha value is -2.37. The molecular formula is C10H11N5O. The number of anilines is 2. The zero-order valence-electron chi connectivity index (χ0n) is 8.71. The summed E-state index contributed by atoms with van der Waals surface area (Å²) in [6.45, 7) is 0. The minimum absolute atomic E-state index is 0.150. The lowest BCUT2D eigenvalue weighted by Crippen LogP contribution is -2.00. The van der Waals surface area contributed by atoms with Crippen molar-refractivity contribution in [1.29, 1.82) is 0 Å². The van der Waals surface area contributed by atoms with Crippen LogP contribution in [0.25, 0.3) is 0 Å². The van der Waals surface area contributed by atoms with Gasteiger partial charge in [-0.3, -0.25) is 0 Å². The molecule has 1 heterocycles. The summed E-state index contributed by atoms with van der Waals surface area (Å²) in [5.74, 6) is 1.33. The lowest BCUT2D eigenvalue weighted by Gasteiger charge is -2.08. The van der Waals surface area contributed by atoms with Crippen LogP contribution < -0.4 is 16.2 Å². The molecule has 1 aromatic heterocycles. The number of aromatic nitrogens is 3. The summed E-state index contributed by atoms with van der Waals surface area (Å²) in [7, 11) is 1.70. The number of nitrogens with two attached hydrogens (primary N) is 2. The van der Waals surface area contributed by atoms with Crippen molar-refractivity contribution in [1.82, 2.24) is 15.0 Å². The fourth-order valence-electron chi connectivity index (χ4n) is 1.25. The maximum absolute atomic E-state index is 5.12. The monoisotopic (exact) mass is 217 g/mol. The topological polar surface area (TPSA) is 99.9 Å². The van der Waals surface area contributed by atoms with E-state index in [1.165, 1.54) is 16.8 Å². The molecule has 4 N–H and O–H groups in total. The fourth-order valence-corrected chi connectivity index (χ4v) is 1.25. The molecule has 0 aromatic carbocycles. The molecular weight excluding hydrogens is 206 g/mol. The second-order valence-corrected chi connectivity index (χ2v) is 3.12. The predicted octanol–water partition coefficient (Wildman–Crippen LogP) is 0.332. The van der Waals surface area contributed by atoms with Gasteiger partial charge in [0.15, 0.2) is 0 Å². The first-order chi connectivity index (χ1) is 7.70. The largest absolute Gasteiger partial charge is 0.496 e. The van der Waals surface area contributed by atoms with Crippen LogP contribution in [0.5, 0.6) is 5.75 Å². The minimum Gasteiger partial charge on any atom is -0.496 e.